The highest BCUT2D eigenvalue weighted by molar-refractivity contribution is 6.04. The molecule has 2 aliphatic heterocycles. The number of hydrogen-bond donors (Lipinski definition) is 2. The van der Waals surface area contributed by atoms with E-state index in [1.54, 1.807) is 41.3 Å². The molecule has 1 atom stereocenters. The molecule has 1 aromatic heterocycles. The van der Waals surface area contributed by atoms with Gasteiger partial charge in [0.25, 0.3) is 5.91 Å². The molecule has 9 nitrogen and oxygen atoms in total. The first-order valence-electron chi connectivity index (χ1n) is 9.21. The SMILES string of the molecule is O=C(Nc1cnn(CC2CCCO2)c1)c1ccc(CN2C(=O)CNC2=O)cc1. The molecule has 0 saturated carbocycles. The molecule has 9 heteroatoms. The first-order chi connectivity index (χ1) is 13.6. The molecular formula is C19H21N5O4. The van der Waals surface area contributed by atoms with Gasteiger partial charge < -0.3 is 15.4 Å². The number of urea groups is 1. The average Bonchev–Trinajstić information content (AvgIpc) is 3.42. The molecule has 2 N–H and O–H groups in total. The number of ether oxygens (including phenoxy) is 1. The van der Waals surface area contributed by atoms with Crippen LogP contribution in [-0.4, -0.2) is 51.8 Å². The summed E-state index contributed by atoms with van der Waals surface area (Å²) in [5, 5.41) is 9.56. The maximum Gasteiger partial charge on any atom is 0.324 e. The van der Waals surface area contributed by atoms with Crippen LogP contribution in [0.5, 0.6) is 0 Å². The van der Waals surface area contributed by atoms with Crippen molar-refractivity contribution in [2.75, 3.05) is 18.5 Å². The molecule has 146 valence electrons. The largest absolute Gasteiger partial charge is 0.376 e. The minimum atomic E-state index is -0.396. The van der Waals surface area contributed by atoms with Crippen LogP contribution in [0.25, 0.3) is 0 Å². The maximum absolute atomic E-state index is 12.4. The fraction of sp³-hybridized carbons (Fsp3) is 0.368. The van der Waals surface area contributed by atoms with Crippen molar-refractivity contribution in [3.63, 3.8) is 0 Å². The van der Waals surface area contributed by atoms with Crippen LogP contribution in [0, 0.1) is 0 Å². The van der Waals surface area contributed by atoms with E-state index < -0.39 is 6.03 Å². The summed E-state index contributed by atoms with van der Waals surface area (Å²) in [5.74, 6) is -0.509. The van der Waals surface area contributed by atoms with E-state index in [1.807, 2.05) is 0 Å². The fourth-order valence-electron chi connectivity index (χ4n) is 3.29. The van der Waals surface area contributed by atoms with Gasteiger partial charge in [-0.1, -0.05) is 12.1 Å². The highest BCUT2D eigenvalue weighted by Crippen LogP contribution is 2.16. The van der Waals surface area contributed by atoms with Gasteiger partial charge in [-0.15, -0.1) is 0 Å². The summed E-state index contributed by atoms with van der Waals surface area (Å²) in [6.45, 7) is 1.68. The normalized spacial score (nSPS) is 19.1. The number of aromatic nitrogens is 2. The third-order valence-corrected chi connectivity index (χ3v) is 4.80. The summed E-state index contributed by atoms with van der Waals surface area (Å²) in [7, 11) is 0. The zero-order valence-electron chi connectivity index (χ0n) is 15.3. The number of benzene rings is 1. The lowest BCUT2D eigenvalue weighted by molar-refractivity contribution is -0.125. The van der Waals surface area contributed by atoms with Crippen LogP contribution in [-0.2, 0) is 22.6 Å². The lowest BCUT2D eigenvalue weighted by atomic mass is 10.1. The topological polar surface area (TPSA) is 106 Å². The van der Waals surface area contributed by atoms with Gasteiger partial charge in [-0.3, -0.25) is 19.2 Å². The van der Waals surface area contributed by atoms with Gasteiger partial charge in [0.05, 0.1) is 37.6 Å². The molecule has 0 radical (unpaired) electrons. The zero-order valence-corrected chi connectivity index (χ0v) is 15.3. The lowest BCUT2D eigenvalue weighted by Gasteiger charge is -2.12. The summed E-state index contributed by atoms with van der Waals surface area (Å²) in [6.07, 6.45) is 5.67. The molecule has 2 saturated heterocycles. The molecule has 3 heterocycles. The Morgan fingerprint density at radius 3 is 2.79 bits per heavy atom. The molecule has 28 heavy (non-hydrogen) atoms. The Morgan fingerprint density at radius 2 is 2.11 bits per heavy atom. The minimum Gasteiger partial charge on any atom is -0.376 e. The molecule has 2 fully saturated rings. The standard InChI is InChI=1S/C19H21N5O4/c25-17-9-20-19(27)24(17)10-13-3-5-14(6-4-13)18(26)22-15-8-21-23(11-15)12-16-2-1-7-28-16/h3-6,8,11,16H,1-2,7,9-10,12H2,(H,20,27)(H,22,26). The number of nitrogens with one attached hydrogen (secondary N) is 2. The van der Waals surface area contributed by atoms with Gasteiger partial charge in [0.2, 0.25) is 5.91 Å². The summed E-state index contributed by atoms with van der Waals surface area (Å²) in [6, 6.07) is 6.40. The number of amides is 4. The van der Waals surface area contributed by atoms with Crippen LogP contribution >= 0.6 is 0 Å². The molecule has 0 aliphatic carbocycles. The van der Waals surface area contributed by atoms with Crippen molar-refractivity contribution in [2.24, 2.45) is 0 Å². The molecule has 0 bridgehead atoms. The summed E-state index contributed by atoms with van der Waals surface area (Å²) in [4.78, 5) is 36.8. The van der Waals surface area contributed by atoms with Crippen molar-refractivity contribution < 1.29 is 19.1 Å². The van der Waals surface area contributed by atoms with Crippen molar-refractivity contribution in [3.8, 4) is 0 Å². The summed E-state index contributed by atoms with van der Waals surface area (Å²) < 4.78 is 7.36. The summed E-state index contributed by atoms with van der Waals surface area (Å²) >= 11 is 0. The zero-order chi connectivity index (χ0) is 19.5. The van der Waals surface area contributed by atoms with Gasteiger partial charge >= 0.3 is 6.03 Å². The summed E-state index contributed by atoms with van der Waals surface area (Å²) in [5.41, 5.74) is 1.87. The molecule has 1 aromatic carbocycles. The molecule has 0 spiro atoms. The van der Waals surface area contributed by atoms with Crippen LogP contribution in [0.3, 0.4) is 0 Å². The van der Waals surface area contributed by atoms with E-state index in [1.165, 1.54) is 0 Å². The van der Waals surface area contributed by atoms with E-state index in [-0.39, 0.29) is 31.0 Å². The Hall–Kier alpha value is -3.20. The van der Waals surface area contributed by atoms with E-state index >= 15 is 0 Å². The van der Waals surface area contributed by atoms with Crippen molar-refractivity contribution in [1.29, 1.82) is 0 Å². The third kappa shape index (κ3) is 4.04. The first kappa shape index (κ1) is 18.2. The molecule has 2 aromatic rings. The average molecular weight is 383 g/mol. The number of anilines is 1. The number of nitrogens with zero attached hydrogens (tertiary/aromatic N) is 3. The highest BCUT2D eigenvalue weighted by Gasteiger charge is 2.28. The number of rotatable bonds is 6. The number of hydrogen-bond acceptors (Lipinski definition) is 5. The van der Waals surface area contributed by atoms with Crippen molar-refractivity contribution in [1.82, 2.24) is 20.0 Å². The van der Waals surface area contributed by atoms with E-state index in [4.69, 9.17) is 4.74 Å². The first-order valence-corrected chi connectivity index (χ1v) is 9.21. The molecular weight excluding hydrogens is 362 g/mol. The van der Waals surface area contributed by atoms with Gasteiger partial charge in [0.1, 0.15) is 0 Å². The molecule has 4 amide bonds. The van der Waals surface area contributed by atoms with Crippen LogP contribution in [0.2, 0.25) is 0 Å². The van der Waals surface area contributed by atoms with Gasteiger partial charge in [-0.25, -0.2) is 4.79 Å². The van der Waals surface area contributed by atoms with E-state index in [0.717, 1.165) is 29.9 Å². The molecule has 1 unspecified atom stereocenters. The predicted octanol–water partition coefficient (Wildman–Crippen LogP) is 1.37. The van der Waals surface area contributed by atoms with Crippen molar-refractivity contribution in [3.05, 3.63) is 47.8 Å². The quantitative estimate of drug-likeness (QED) is 0.733. The Bertz CT molecular complexity index is 870. The second-order valence-electron chi connectivity index (χ2n) is 6.88. The second-order valence-corrected chi connectivity index (χ2v) is 6.88. The third-order valence-electron chi connectivity index (χ3n) is 4.80. The van der Waals surface area contributed by atoms with Gasteiger partial charge in [-0.05, 0) is 30.5 Å². The molecule has 2 aliphatic rings. The van der Waals surface area contributed by atoms with Crippen molar-refractivity contribution in [2.45, 2.75) is 32.0 Å². The number of carbonyl (C=O) groups excluding carboxylic acids is 3. The van der Waals surface area contributed by atoms with Gasteiger partial charge in [0, 0.05) is 18.4 Å². The Kier molecular flexibility index (Phi) is 5.07. The van der Waals surface area contributed by atoms with Crippen LogP contribution < -0.4 is 10.6 Å². The van der Waals surface area contributed by atoms with E-state index in [9.17, 15) is 14.4 Å². The highest BCUT2D eigenvalue weighted by atomic mass is 16.5. The van der Waals surface area contributed by atoms with Gasteiger partial charge in [0.15, 0.2) is 0 Å². The molecule has 4 rings (SSSR count). The Balaban J connectivity index is 1.34. The van der Waals surface area contributed by atoms with Crippen molar-refractivity contribution >= 4 is 23.5 Å². The van der Waals surface area contributed by atoms with Gasteiger partial charge in [-0.2, -0.15) is 5.10 Å². The Labute approximate surface area is 161 Å². The fourth-order valence-corrected chi connectivity index (χ4v) is 3.29. The van der Waals surface area contributed by atoms with Crippen LogP contribution in [0.15, 0.2) is 36.7 Å². The smallest absolute Gasteiger partial charge is 0.324 e. The maximum atomic E-state index is 12.4. The lowest BCUT2D eigenvalue weighted by Crippen LogP contribution is -2.30. The second kappa shape index (κ2) is 7.81. The Morgan fingerprint density at radius 1 is 1.29 bits per heavy atom. The number of carbonyl (C=O) groups is 3. The monoisotopic (exact) mass is 383 g/mol. The van der Waals surface area contributed by atoms with E-state index in [2.05, 4.69) is 15.7 Å². The minimum absolute atomic E-state index is 0.0277. The predicted molar refractivity (Wildman–Crippen MR) is 99.5 cm³/mol. The number of imide groups is 1. The van der Waals surface area contributed by atoms with Crippen LogP contribution in [0.1, 0.15) is 28.8 Å². The van der Waals surface area contributed by atoms with Crippen LogP contribution in [0.4, 0.5) is 10.5 Å². The van der Waals surface area contributed by atoms with E-state index in [0.29, 0.717) is 17.8 Å².